The summed E-state index contributed by atoms with van der Waals surface area (Å²) in [7, 11) is 1.67. The van der Waals surface area contributed by atoms with Crippen LogP contribution in [0.4, 0.5) is 0 Å². The summed E-state index contributed by atoms with van der Waals surface area (Å²) in [5, 5.41) is 12.8. The molecule has 0 saturated carbocycles. The fourth-order valence-corrected chi connectivity index (χ4v) is 2.80. The Balaban J connectivity index is 2.83. The molecule has 0 saturated heterocycles. The molecule has 1 aromatic carbocycles. The van der Waals surface area contributed by atoms with Crippen molar-refractivity contribution in [2.45, 2.75) is 46.2 Å². The van der Waals surface area contributed by atoms with E-state index in [-0.39, 0.29) is 24.1 Å². The Bertz CT molecular complexity index is 429. The molecule has 0 amide bonds. The van der Waals surface area contributed by atoms with E-state index in [1.165, 1.54) is 5.56 Å². The van der Waals surface area contributed by atoms with E-state index in [0.29, 0.717) is 0 Å². The monoisotopic (exact) mass is 343 g/mol. The van der Waals surface area contributed by atoms with Gasteiger partial charge in [0.15, 0.2) is 0 Å². The van der Waals surface area contributed by atoms with Crippen molar-refractivity contribution in [3.05, 3.63) is 28.2 Å². The number of benzene rings is 1. The SMILES string of the molecule is COc1ccc(C(C)NC(CCO)C(C)(C)C)cc1Br. The van der Waals surface area contributed by atoms with Crippen molar-refractivity contribution in [2.24, 2.45) is 5.41 Å². The Morgan fingerprint density at radius 2 is 2.00 bits per heavy atom. The van der Waals surface area contributed by atoms with Gasteiger partial charge in [0.25, 0.3) is 0 Å². The number of aliphatic hydroxyl groups is 1. The van der Waals surface area contributed by atoms with E-state index in [4.69, 9.17) is 4.74 Å². The van der Waals surface area contributed by atoms with E-state index in [0.717, 1.165) is 16.6 Å². The smallest absolute Gasteiger partial charge is 0.133 e. The van der Waals surface area contributed by atoms with Gasteiger partial charge in [-0.2, -0.15) is 0 Å². The van der Waals surface area contributed by atoms with Crippen molar-refractivity contribution in [2.75, 3.05) is 13.7 Å². The second kappa shape index (κ2) is 7.43. The van der Waals surface area contributed by atoms with Gasteiger partial charge in [-0.25, -0.2) is 0 Å². The Labute approximate surface area is 130 Å². The van der Waals surface area contributed by atoms with Crippen LogP contribution in [0.15, 0.2) is 22.7 Å². The van der Waals surface area contributed by atoms with Crippen LogP contribution in [0.5, 0.6) is 5.75 Å². The first-order chi connectivity index (χ1) is 9.29. The molecule has 0 aliphatic heterocycles. The molecule has 0 aromatic heterocycles. The standard InChI is InChI=1S/C16H26BrNO2/c1-11(18-15(8-9-19)16(2,3)4)12-6-7-14(20-5)13(17)10-12/h6-7,10-11,15,18-19H,8-9H2,1-5H3. The van der Waals surface area contributed by atoms with Crippen LogP contribution in [0, 0.1) is 5.41 Å². The lowest BCUT2D eigenvalue weighted by Gasteiger charge is -2.34. The predicted molar refractivity (Wildman–Crippen MR) is 87.2 cm³/mol. The van der Waals surface area contributed by atoms with Crippen LogP contribution in [0.25, 0.3) is 0 Å². The average Bonchev–Trinajstić information content (AvgIpc) is 2.36. The highest BCUT2D eigenvalue weighted by Crippen LogP contribution is 2.30. The van der Waals surface area contributed by atoms with Gasteiger partial charge < -0.3 is 15.2 Å². The highest BCUT2D eigenvalue weighted by atomic mass is 79.9. The number of nitrogens with one attached hydrogen (secondary N) is 1. The van der Waals surface area contributed by atoms with Crippen molar-refractivity contribution < 1.29 is 9.84 Å². The van der Waals surface area contributed by atoms with Crippen molar-refractivity contribution >= 4 is 15.9 Å². The molecule has 2 N–H and O–H groups in total. The van der Waals surface area contributed by atoms with Crippen LogP contribution in [-0.2, 0) is 0 Å². The third-order valence-electron chi connectivity index (χ3n) is 3.59. The molecule has 0 bridgehead atoms. The first-order valence-corrected chi connectivity index (χ1v) is 7.79. The van der Waals surface area contributed by atoms with Crippen molar-refractivity contribution in [1.82, 2.24) is 5.32 Å². The molecular weight excluding hydrogens is 318 g/mol. The quantitative estimate of drug-likeness (QED) is 0.822. The largest absolute Gasteiger partial charge is 0.496 e. The second-order valence-electron chi connectivity index (χ2n) is 6.21. The summed E-state index contributed by atoms with van der Waals surface area (Å²) in [6.07, 6.45) is 0.755. The first kappa shape index (κ1) is 17.5. The second-order valence-corrected chi connectivity index (χ2v) is 7.07. The normalized spacial score (nSPS) is 14.9. The van der Waals surface area contributed by atoms with Gasteiger partial charge >= 0.3 is 0 Å². The highest BCUT2D eigenvalue weighted by molar-refractivity contribution is 9.10. The number of hydrogen-bond acceptors (Lipinski definition) is 3. The topological polar surface area (TPSA) is 41.5 Å². The molecule has 4 heteroatoms. The number of aliphatic hydroxyl groups excluding tert-OH is 1. The molecule has 1 aromatic rings. The van der Waals surface area contributed by atoms with Gasteiger partial charge in [0, 0.05) is 18.7 Å². The minimum atomic E-state index is 0.112. The number of methoxy groups -OCH3 is 1. The summed E-state index contributed by atoms with van der Waals surface area (Å²) in [5.41, 5.74) is 1.31. The zero-order valence-electron chi connectivity index (χ0n) is 13.0. The highest BCUT2D eigenvalue weighted by Gasteiger charge is 2.25. The summed E-state index contributed by atoms with van der Waals surface area (Å²) < 4.78 is 6.21. The molecule has 0 aliphatic carbocycles. The fraction of sp³-hybridized carbons (Fsp3) is 0.625. The first-order valence-electron chi connectivity index (χ1n) is 7.00. The Morgan fingerprint density at radius 1 is 1.35 bits per heavy atom. The molecule has 0 aliphatic rings. The number of hydrogen-bond donors (Lipinski definition) is 2. The third kappa shape index (κ3) is 4.76. The third-order valence-corrected chi connectivity index (χ3v) is 4.21. The molecule has 20 heavy (non-hydrogen) atoms. The van der Waals surface area contributed by atoms with Crippen LogP contribution < -0.4 is 10.1 Å². The van der Waals surface area contributed by atoms with Gasteiger partial charge in [0.1, 0.15) is 5.75 Å². The predicted octanol–water partition coefficient (Wildman–Crippen LogP) is 3.91. The molecule has 1 rings (SSSR count). The van der Waals surface area contributed by atoms with Gasteiger partial charge in [-0.3, -0.25) is 0 Å². The summed E-state index contributed by atoms with van der Waals surface area (Å²) in [5.74, 6) is 0.837. The van der Waals surface area contributed by atoms with E-state index in [9.17, 15) is 5.11 Å². The van der Waals surface area contributed by atoms with Crippen LogP contribution in [0.1, 0.15) is 45.7 Å². The zero-order chi connectivity index (χ0) is 15.3. The van der Waals surface area contributed by atoms with Crippen LogP contribution >= 0.6 is 15.9 Å². The molecule has 0 spiro atoms. The lowest BCUT2D eigenvalue weighted by Crippen LogP contribution is -2.42. The van der Waals surface area contributed by atoms with Crippen molar-refractivity contribution in [3.8, 4) is 5.75 Å². The van der Waals surface area contributed by atoms with E-state index in [1.54, 1.807) is 7.11 Å². The van der Waals surface area contributed by atoms with E-state index < -0.39 is 0 Å². The van der Waals surface area contributed by atoms with Gasteiger partial charge in [-0.05, 0) is 52.4 Å². The maximum Gasteiger partial charge on any atom is 0.133 e. The van der Waals surface area contributed by atoms with Crippen LogP contribution in [0.3, 0.4) is 0 Å². The van der Waals surface area contributed by atoms with Crippen molar-refractivity contribution in [1.29, 1.82) is 0 Å². The molecule has 0 heterocycles. The average molecular weight is 344 g/mol. The molecule has 2 unspecified atom stereocenters. The van der Waals surface area contributed by atoms with Gasteiger partial charge in [0.05, 0.1) is 11.6 Å². The minimum Gasteiger partial charge on any atom is -0.496 e. The minimum absolute atomic E-state index is 0.112. The van der Waals surface area contributed by atoms with E-state index >= 15 is 0 Å². The lowest BCUT2D eigenvalue weighted by atomic mass is 9.84. The number of halogens is 1. The Hall–Kier alpha value is -0.580. The summed E-state index contributed by atoms with van der Waals surface area (Å²) in [6.45, 7) is 8.92. The molecular formula is C16H26BrNO2. The molecule has 0 radical (unpaired) electrons. The van der Waals surface area contributed by atoms with Gasteiger partial charge in [-0.15, -0.1) is 0 Å². The molecule has 2 atom stereocenters. The molecule has 3 nitrogen and oxygen atoms in total. The van der Waals surface area contributed by atoms with E-state index in [2.05, 4.69) is 61.1 Å². The molecule has 114 valence electrons. The summed E-state index contributed by atoms with van der Waals surface area (Å²) in [4.78, 5) is 0. The number of rotatable bonds is 6. The fourth-order valence-electron chi connectivity index (χ4n) is 2.25. The van der Waals surface area contributed by atoms with Crippen LogP contribution in [0.2, 0.25) is 0 Å². The summed E-state index contributed by atoms with van der Waals surface area (Å²) >= 11 is 3.52. The Kier molecular flexibility index (Phi) is 6.49. The summed E-state index contributed by atoms with van der Waals surface area (Å²) in [6, 6.07) is 6.60. The van der Waals surface area contributed by atoms with Crippen LogP contribution in [-0.4, -0.2) is 24.9 Å². The van der Waals surface area contributed by atoms with Gasteiger partial charge in [0.2, 0.25) is 0 Å². The number of ether oxygens (including phenoxy) is 1. The van der Waals surface area contributed by atoms with Crippen molar-refractivity contribution in [3.63, 3.8) is 0 Å². The molecule has 0 fully saturated rings. The lowest BCUT2D eigenvalue weighted by molar-refractivity contribution is 0.188. The maximum atomic E-state index is 9.23. The maximum absolute atomic E-state index is 9.23. The Morgan fingerprint density at radius 3 is 2.45 bits per heavy atom. The van der Waals surface area contributed by atoms with Gasteiger partial charge in [-0.1, -0.05) is 26.8 Å². The zero-order valence-corrected chi connectivity index (χ0v) is 14.6. The van der Waals surface area contributed by atoms with E-state index in [1.807, 2.05) is 6.07 Å².